The summed E-state index contributed by atoms with van der Waals surface area (Å²) in [6, 6.07) is 22.8. The van der Waals surface area contributed by atoms with Crippen LogP contribution in [0, 0.1) is 3.57 Å². The molecule has 7 heteroatoms. The average Bonchev–Trinajstić information content (AvgIpc) is 2.78. The third-order valence-corrected chi connectivity index (χ3v) is 5.35. The highest BCUT2D eigenvalue weighted by Gasteiger charge is 2.36. The Morgan fingerprint density at radius 2 is 1.55 bits per heavy atom. The summed E-state index contributed by atoms with van der Waals surface area (Å²) in [4.78, 5) is 38.3. The van der Waals surface area contributed by atoms with Crippen LogP contribution in [-0.2, 0) is 16.2 Å². The Labute approximate surface area is 192 Å². The molecule has 31 heavy (non-hydrogen) atoms. The van der Waals surface area contributed by atoms with Crippen molar-refractivity contribution in [3.63, 3.8) is 0 Å². The first kappa shape index (κ1) is 20.8. The molecule has 6 nitrogen and oxygen atoms in total. The summed E-state index contributed by atoms with van der Waals surface area (Å²) >= 11 is 2.25. The fourth-order valence-corrected chi connectivity index (χ4v) is 3.40. The zero-order valence-electron chi connectivity index (χ0n) is 16.2. The Kier molecular flexibility index (Phi) is 6.13. The summed E-state index contributed by atoms with van der Waals surface area (Å²) in [6.45, 7) is 0.437. The summed E-state index contributed by atoms with van der Waals surface area (Å²) in [7, 11) is 0. The lowest BCUT2D eigenvalue weighted by Gasteiger charge is -2.26. The number of nitrogens with zero attached hydrogens (tertiary/aromatic N) is 1. The number of barbiturate groups is 1. The highest BCUT2D eigenvalue weighted by molar-refractivity contribution is 14.1. The number of hydrogen-bond acceptors (Lipinski definition) is 4. The minimum atomic E-state index is -0.766. The Balaban J connectivity index is 1.50. The second kappa shape index (κ2) is 9.13. The average molecular weight is 524 g/mol. The van der Waals surface area contributed by atoms with Crippen molar-refractivity contribution in [2.45, 2.75) is 6.61 Å². The molecule has 0 atom stereocenters. The summed E-state index contributed by atoms with van der Waals surface area (Å²) in [5, 5.41) is 2.22. The first-order chi connectivity index (χ1) is 15.0. The van der Waals surface area contributed by atoms with Crippen molar-refractivity contribution in [2.24, 2.45) is 0 Å². The second-order valence-electron chi connectivity index (χ2n) is 6.78. The monoisotopic (exact) mass is 524 g/mol. The van der Waals surface area contributed by atoms with Gasteiger partial charge < -0.3 is 4.74 Å². The number of nitrogens with one attached hydrogen (secondary N) is 1. The molecule has 0 radical (unpaired) electrons. The lowest BCUT2D eigenvalue weighted by atomic mass is 10.1. The van der Waals surface area contributed by atoms with Crippen LogP contribution < -0.4 is 15.0 Å². The van der Waals surface area contributed by atoms with E-state index >= 15 is 0 Å². The van der Waals surface area contributed by atoms with Crippen LogP contribution in [0.15, 0.2) is 84.4 Å². The molecule has 1 heterocycles. The summed E-state index contributed by atoms with van der Waals surface area (Å²) in [5.41, 5.74) is 1.97. The number of carbonyl (C=O) groups is 3. The highest BCUT2D eigenvalue weighted by atomic mass is 127. The quantitative estimate of drug-likeness (QED) is 0.302. The van der Waals surface area contributed by atoms with Crippen molar-refractivity contribution in [3.8, 4) is 5.75 Å². The van der Waals surface area contributed by atoms with Crippen LogP contribution in [0.25, 0.3) is 6.08 Å². The number of halogens is 1. The Bertz CT molecular complexity index is 1160. The molecule has 1 aliphatic heterocycles. The first-order valence-electron chi connectivity index (χ1n) is 9.45. The van der Waals surface area contributed by atoms with Gasteiger partial charge in [0.1, 0.15) is 17.9 Å². The number of imide groups is 2. The van der Waals surface area contributed by atoms with E-state index < -0.39 is 17.8 Å². The van der Waals surface area contributed by atoms with Gasteiger partial charge in [-0.05, 0) is 76.2 Å². The van der Waals surface area contributed by atoms with Gasteiger partial charge in [-0.2, -0.15) is 0 Å². The molecular formula is C24H17IN2O4. The minimum Gasteiger partial charge on any atom is -0.489 e. The van der Waals surface area contributed by atoms with Crippen molar-refractivity contribution in [2.75, 3.05) is 4.90 Å². The molecule has 1 fully saturated rings. The van der Waals surface area contributed by atoms with Crippen LogP contribution in [-0.4, -0.2) is 17.8 Å². The molecule has 4 rings (SSSR count). The molecule has 1 aliphatic rings. The van der Waals surface area contributed by atoms with Gasteiger partial charge >= 0.3 is 6.03 Å². The molecule has 1 N–H and O–H groups in total. The van der Waals surface area contributed by atoms with E-state index in [0.717, 1.165) is 14.0 Å². The third kappa shape index (κ3) is 4.83. The van der Waals surface area contributed by atoms with Crippen molar-refractivity contribution < 1.29 is 19.1 Å². The molecule has 0 bridgehead atoms. The zero-order chi connectivity index (χ0) is 21.8. The molecule has 0 aromatic heterocycles. The Morgan fingerprint density at radius 1 is 0.871 bits per heavy atom. The molecule has 0 unspecified atom stereocenters. The maximum absolute atomic E-state index is 12.9. The summed E-state index contributed by atoms with van der Waals surface area (Å²) in [5.74, 6) is -0.721. The van der Waals surface area contributed by atoms with Crippen molar-refractivity contribution in [3.05, 3.63) is 99.1 Å². The van der Waals surface area contributed by atoms with Gasteiger partial charge in [0.15, 0.2) is 0 Å². The maximum atomic E-state index is 12.9. The van der Waals surface area contributed by atoms with E-state index in [4.69, 9.17) is 4.74 Å². The number of rotatable bonds is 5. The number of amides is 4. The molecule has 4 amide bonds. The molecule has 0 saturated carbocycles. The molecule has 154 valence electrons. The normalized spacial score (nSPS) is 15.2. The van der Waals surface area contributed by atoms with Crippen molar-refractivity contribution in [1.29, 1.82) is 0 Å². The first-order valence-corrected chi connectivity index (χ1v) is 10.5. The van der Waals surface area contributed by atoms with E-state index in [-0.39, 0.29) is 5.57 Å². The van der Waals surface area contributed by atoms with Gasteiger partial charge in [0.2, 0.25) is 0 Å². The lowest BCUT2D eigenvalue weighted by Crippen LogP contribution is -2.54. The molecule has 0 aliphatic carbocycles. The van der Waals surface area contributed by atoms with E-state index in [9.17, 15) is 14.4 Å². The van der Waals surface area contributed by atoms with E-state index in [1.807, 2.05) is 24.3 Å². The number of carbonyl (C=O) groups excluding carboxylic acids is 3. The van der Waals surface area contributed by atoms with Crippen LogP contribution in [0.2, 0.25) is 0 Å². The predicted octanol–water partition coefficient (Wildman–Crippen LogP) is 4.54. The molecular weight excluding hydrogens is 507 g/mol. The van der Waals surface area contributed by atoms with Crippen LogP contribution in [0.3, 0.4) is 0 Å². The number of para-hydroxylation sites is 1. The molecule has 0 spiro atoms. The predicted molar refractivity (Wildman–Crippen MR) is 125 cm³/mol. The van der Waals surface area contributed by atoms with Crippen LogP contribution in [0.4, 0.5) is 10.5 Å². The van der Waals surface area contributed by atoms with Gasteiger partial charge in [-0.3, -0.25) is 14.9 Å². The van der Waals surface area contributed by atoms with Crippen molar-refractivity contribution in [1.82, 2.24) is 5.32 Å². The fourth-order valence-electron chi connectivity index (χ4n) is 3.04. The highest BCUT2D eigenvalue weighted by Crippen LogP contribution is 2.22. The van der Waals surface area contributed by atoms with Crippen LogP contribution >= 0.6 is 22.6 Å². The van der Waals surface area contributed by atoms with Gasteiger partial charge in [0, 0.05) is 3.57 Å². The number of ether oxygens (including phenoxy) is 1. The van der Waals surface area contributed by atoms with E-state index in [0.29, 0.717) is 23.6 Å². The van der Waals surface area contributed by atoms with Gasteiger partial charge in [0.05, 0.1) is 5.69 Å². The van der Waals surface area contributed by atoms with Crippen LogP contribution in [0.5, 0.6) is 5.75 Å². The van der Waals surface area contributed by atoms with Gasteiger partial charge in [-0.15, -0.1) is 0 Å². The number of anilines is 1. The largest absolute Gasteiger partial charge is 0.489 e. The lowest BCUT2D eigenvalue weighted by molar-refractivity contribution is -0.122. The summed E-state index contributed by atoms with van der Waals surface area (Å²) < 4.78 is 6.95. The van der Waals surface area contributed by atoms with Gasteiger partial charge in [0.25, 0.3) is 11.8 Å². The Hall–Kier alpha value is -3.46. The smallest absolute Gasteiger partial charge is 0.335 e. The SMILES string of the molecule is O=C1NC(=O)N(c2ccccc2)C(=O)/C1=C/c1ccc(OCc2ccc(I)cc2)cc1. The number of urea groups is 1. The minimum absolute atomic E-state index is 0.115. The van der Waals surface area contributed by atoms with E-state index in [2.05, 4.69) is 27.9 Å². The van der Waals surface area contributed by atoms with Gasteiger partial charge in [-0.1, -0.05) is 42.5 Å². The molecule has 1 saturated heterocycles. The number of hydrogen-bond donors (Lipinski definition) is 1. The topological polar surface area (TPSA) is 75.7 Å². The third-order valence-electron chi connectivity index (χ3n) is 4.63. The van der Waals surface area contributed by atoms with E-state index in [1.54, 1.807) is 54.6 Å². The fraction of sp³-hybridized carbons (Fsp3) is 0.0417. The van der Waals surface area contributed by atoms with Crippen LogP contribution in [0.1, 0.15) is 11.1 Å². The maximum Gasteiger partial charge on any atom is 0.335 e. The Morgan fingerprint density at radius 3 is 2.23 bits per heavy atom. The number of benzene rings is 3. The van der Waals surface area contributed by atoms with Gasteiger partial charge in [-0.25, -0.2) is 9.69 Å². The second-order valence-corrected chi connectivity index (χ2v) is 8.02. The zero-order valence-corrected chi connectivity index (χ0v) is 18.4. The molecule has 3 aromatic rings. The standard InChI is InChI=1S/C24H17IN2O4/c25-18-10-6-17(7-11-18)15-31-20-12-8-16(9-13-20)14-21-22(28)26-24(30)27(23(21)29)19-4-2-1-3-5-19/h1-14H,15H2,(H,26,28,30)/b21-14+. The molecule has 3 aromatic carbocycles. The summed E-state index contributed by atoms with van der Waals surface area (Å²) in [6.07, 6.45) is 1.46. The van der Waals surface area contributed by atoms with E-state index in [1.165, 1.54) is 6.08 Å². The van der Waals surface area contributed by atoms with Crippen molar-refractivity contribution >= 4 is 52.2 Å².